The number of hydrogen-bond acceptors (Lipinski definition) is 5. The first-order valence-electron chi connectivity index (χ1n) is 8.73. The first-order valence-corrected chi connectivity index (χ1v) is 8.73. The van der Waals surface area contributed by atoms with E-state index in [0.29, 0.717) is 18.1 Å². The summed E-state index contributed by atoms with van der Waals surface area (Å²) in [6, 6.07) is 13.4. The number of methoxy groups -OCH3 is 2. The van der Waals surface area contributed by atoms with Crippen LogP contribution in [0.3, 0.4) is 0 Å². The molecule has 6 nitrogen and oxygen atoms in total. The van der Waals surface area contributed by atoms with E-state index < -0.39 is 0 Å². The molecule has 1 aromatic heterocycles. The van der Waals surface area contributed by atoms with Crippen LogP contribution >= 0.6 is 0 Å². The summed E-state index contributed by atoms with van der Waals surface area (Å²) in [6.45, 7) is 0.658. The number of benzene rings is 2. The van der Waals surface area contributed by atoms with E-state index in [9.17, 15) is 4.79 Å². The lowest BCUT2D eigenvalue weighted by molar-refractivity contribution is -0.118. The molecular formula is C21H20N2O4. The molecule has 2 aromatic carbocycles. The number of aromatic nitrogens is 1. The third kappa shape index (κ3) is 3.14. The number of nitrogens with zero attached hydrogens (tertiary/aromatic N) is 2. The fourth-order valence-corrected chi connectivity index (χ4v) is 3.50. The van der Waals surface area contributed by atoms with Crippen LogP contribution in [0.4, 0.5) is 5.69 Å². The van der Waals surface area contributed by atoms with E-state index in [1.807, 2.05) is 42.5 Å². The van der Waals surface area contributed by atoms with Gasteiger partial charge in [-0.1, -0.05) is 12.1 Å². The third-order valence-corrected chi connectivity index (χ3v) is 4.90. The van der Waals surface area contributed by atoms with Crippen LogP contribution in [0.1, 0.15) is 17.9 Å². The normalized spacial score (nSPS) is 16.6. The molecule has 1 aliphatic heterocycles. The molecular weight excluding hydrogens is 344 g/mol. The molecule has 0 aliphatic carbocycles. The molecule has 1 fully saturated rings. The molecule has 0 N–H and O–H groups in total. The third-order valence-electron chi connectivity index (χ3n) is 4.90. The number of carbonyl (C=O) groups excluding carboxylic acids is 1. The minimum absolute atomic E-state index is 0.0812. The molecule has 138 valence electrons. The van der Waals surface area contributed by atoms with E-state index in [1.54, 1.807) is 25.3 Å². The topological polar surface area (TPSA) is 64.8 Å². The molecule has 4 rings (SSSR count). The highest BCUT2D eigenvalue weighted by atomic mass is 16.5. The van der Waals surface area contributed by atoms with E-state index in [-0.39, 0.29) is 11.8 Å². The minimum Gasteiger partial charge on any atom is -0.497 e. The summed E-state index contributed by atoms with van der Waals surface area (Å²) >= 11 is 0. The standard InChI is InChI=1S/C21H20N2O4/c1-25-16-5-3-4-14(10-16)17-8-9-23(21(17)24)15-6-7-18(19(11-15)26-2)20-12-22-13-27-20/h3-7,10-13,17H,8-9H2,1-2H3/t17-/m1/s1. The Labute approximate surface area is 157 Å². The van der Waals surface area contributed by atoms with Crippen molar-refractivity contribution in [1.29, 1.82) is 0 Å². The van der Waals surface area contributed by atoms with Crippen molar-refractivity contribution in [1.82, 2.24) is 4.98 Å². The number of anilines is 1. The van der Waals surface area contributed by atoms with Gasteiger partial charge in [0.1, 0.15) is 11.5 Å². The van der Waals surface area contributed by atoms with Crippen LogP contribution in [0.25, 0.3) is 11.3 Å². The Bertz CT molecular complexity index is 953. The average Bonchev–Trinajstić information content (AvgIpc) is 3.37. The lowest BCUT2D eigenvalue weighted by Crippen LogP contribution is -2.26. The predicted molar refractivity (Wildman–Crippen MR) is 101 cm³/mol. The van der Waals surface area contributed by atoms with Crippen LogP contribution in [-0.2, 0) is 4.79 Å². The van der Waals surface area contributed by atoms with Crippen molar-refractivity contribution in [3.05, 3.63) is 60.6 Å². The van der Waals surface area contributed by atoms with Gasteiger partial charge in [0.15, 0.2) is 12.2 Å². The van der Waals surface area contributed by atoms with Gasteiger partial charge in [0, 0.05) is 18.3 Å². The molecule has 0 radical (unpaired) electrons. The summed E-state index contributed by atoms with van der Waals surface area (Å²) in [4.78, 5) is 18.8. The number of oxazole rings is 1. The van der Waals surface area contributed by atoms with Crippen molar-refractivity contribution in [2.75, 3.05) is 25.7 Å². The summed E-state index contributed by atoms with van der Waals surface area (Å²) in [7, 11) is 3.23. The van der Waals surface area contributed by atoms with E-state index in [2.05, 4.69) is 4.98 Å². The van der Waals surface area contributed by atoms with Crippen molar-refractivity contribution in [2.24, 2.45) is 0 Å². The zero-order chi connectivity index (χ0) is 18.8. The number of rotatable bonds is 5. The van der Waals surface area contributed by atoms with E-state index >= 15 is 0 Å². The summed E-state index contributed by atoms with van der Waals surface area (Å²) in [5.74, 6) is 1.94. The highest BCUT2D eigenvalue weighted by Crippen LogP contribution is 2.37. The smallest absolute Gasteiger partial charge is 0.234 e. The zero-order valence-electron chi connectivity index (χ0n) is 15.2. The molecule has 0 spiro atoms. The van der Waals surface area contributed by atoms with E-state index in [1.165, 1.54) is 6.39 Å². The van der Waals surface area contributed by atoms with Gasteiger partial charge in [-0.25, -0.2) is 4.98 Å². The first kappa shape index (κ1) is 17.1. The maximum Gasteiger partial charge on any atom is 0.234 e. The molecule has 2 heterocycles. The second-order valence-electron chi connectivity index (χ2n) is 6.36. The number of hydrogen-bond donors (Lipinski definition) is 0. The molecule has 6 heteroatoms. The molecule has 1 amide bonds. The highest BCUT2D eigenvalue weighted by Gasteiger charge is 2.34. The largest absolute Gasteiger partial charge is 0.497 e. The Morgan fingerprint density at radius 3 is 2.78 bits per heavy atom. The number of amides is 1. The first-order chi connectivity index (χ1) is 13.2. The summed E-state index contributed by atoms with van der Waals surface area (Å²) in [5, 5.41) is 0. The van der Waals surface area contributed by atoms with Crippen LogP contribution in [0.2, 0.25) is 0 Å². The van der Waals surface area contributed by atoms with Crippen LogP contribution in [-0.4, -0.2) is 31.7 Å². The number of ether oxygens (including phenoxy) is 2. The molecule has 0 bridgehead atoms. The van der Waals surface area contributed by atoms with Crippen LogP contribution < -0.4 is 14.4 Å². The molecule has 1 saturated heterocycles. The SMILES string of the molecule is COc1cccc([C@H]2CCN(c3ccc(-c4cnco4)c(OC)c3)C2=O)c1. The summed E-state index contributed by atoms with van der Waals surface area (Å²) in [6.07, 6.45) is 3.78. The van der Waals surface area contributed by atoms with Crippen molar-refractivity contribution in [2.45, 2.75) is 12.3 Å². The van der Waals surface area contributed by atoms with Gasteiger partial charge in [-0.3, -0.25) is 4.79 Å². The van der Waals surface area contributed by atoms with Gasteiger partial charge >= 0.3 is 0 Å². The Kier molecular flexibility index (Phi) is 4.54. The van der Waals surface area contributed by atoms with Gasteiger partial charge in [0.05, 0.1) is 31.9 Å². The van der Waals surface area contributed by atoms with Crippen LogP contribution in [0.15, 0.2) is 59.5 Å². The quantitative estimate of drug-likeness (QED) is 0.687. The Hall–Kier alpha value is -3.28. The van der Waals surface area contributed by atoms with Crippen molar-refractivity contribution in [3.63, 3.8) is 0 Å². The van der Waals surface area contributed by atoms with E-state index in [0.717, 1.165) is 29.0 Å². The molecule has 3 aromatic rings. The fraction of sp³-hybridized carbons (Fsp3) is 0.238. The fourth-order valence-electron chi connectivity index (χ4n) is 3.50. The minimum atomic E-state index is -0.167. The summed E-state index contributed by atoms with van der Waals surface area (Å²) in [5.41, 5.74) is 2.59. The van der Waals surface area contributed by atoms with Crippen molar-refractivity contribution >= 4 is 11.6 Å². The second kappa shape index (κ2) is 7.15. The Morgan fingerprint density at radius 2 is 2.04 bits per heavy atom. The van der Waals surface area contributed by atoms with Gasteiger partial charge in [0.25, 0.3) is 0 Å². The monoisotopic (exact) mass is 364 g/mol. The Balaban J connectivity index is 1.61. The van der Waals surface area contributed by atoms with Gasteiger partial charge < -0.3 is 18.8 Å². The van der Waals surface area contributed by atoms with Gasteiger partial charge in [-0.05, 0) is 36.2 Å². The van der Waals surface area contributed by atoms with Gasteiger partial charge in [0.2, 0.25) is 5.91 Å². The molecule has 0 saturated carbocycles. The number of carbonyl (C=O) groups is 1. The van der Waals surface area contributed by atoms with Crippen molar-refractivity contribution in [3.8, 4) is 22.8 Å². The van der Waals surface area contributed by atoms with Crippen LogP contribution in [0.5, 0.6) is 11.5 Å². The zero-order valence-corrected chi connectivity index (χ0v) is 15.2. The van der Waals surface area contributed by atoms with Gasteiger partial charge in [-0.15, -0.1) is 0 Å². The van der Waals surface area contributed by atoms with Crippen molar-refractivity contribution < 1.29 is 18.7 Å². The lowest BCUT2D eigenvalue weighted by atomic mass is 9.97. The Morgan fingerprint density at radius 1 is 1.15 bits per heavy atom. The maximum atomic E-state index is 13.0. The molecule has 1 atom stereocenters. The van der Waals surface area contributed by atoms with Crippen LogP contribution in [0, 0.1) is 0 Å². The van der Waals surface area contributed by atoms with E-state index in [4.69, 9.17) is 13.9 Å². The summed E-state index contributed by atoms with van der Waals surface area (Å²) < 4.78 is 16.2. The average molecular weight is 364 g/mol. The molecule has 27 heavy (non-hydrogen) atoms. The highest BCUT2D eigenvalue weighted by molar-refractivity contribution is 6.00. The second-order valence-corrected chi connectivity index (χ2v) is 6.36. The predicted octanol–water partition coefficient (Wildman–Crippen LogP) is 3.88. The molecule has 0 unspecified atom stereocenters. The lowest BCUT2D eigenvalue weighted by Gasteiger charge is -2.19. The maximum absolute atomic E-state index is 13.0. The molecule has 1 aliphatic rings. The van der Waals surface area contributed by atoms with Gasteiger partial charge in [-0.2, -0.15) is 0 Å².